The summed E-state index contributed by atoms with van der Waals surface area (Å²) in [7, 11) is 4.55. The lowest BCUT2D eigenvalue weighted by Gasteiger charge is -2.36. The van der Waals surface area contributed by atoms with Crippen molar-refractivity contribution < 1.29 is 4.74 Å². The fraction of sp³-hybridized carbons (Fsp3) is 1.00. The van der Waals surface area contributed by atoms with Crippen molar-refractivity contribution in [3.63, 3.8) is 0 Å². The molecule has 2 fully saturated rings. The van der Waals surface area contributed by atoms with Gasteiger partial charge in [0.1, 0.15) is 0 Å². The summed E-state index contributed by atoms with van der Waals surface area (Å²) in [5.41, 5.74) is 0. The molecule has 0 aromatic heterocycles. The normalized spacial score (nSPS) is 25.6. The van der Waals surface area contributed by atoms with E-state index in [9.17, 15) is 0 Å². The largest absolute Gasteiger partial charge is 0.381 e. The number of likely N-dealkylation sites (tertiary alicyclic amines) is 1. The number of rotatable bonds is 4. The molecule has 2 aliphatic heterocycles. The fourth-order valence-corrected chi connectivity index (χ4v) is 3.04. The van der Waals surface area contributed by atoms with Crippen LogP contribution in [0.2, 0.25) is 0 Å². The highest BCUT2D eigenvalue weighted by Gasteiger charge is 2.21. The Hall–Kier alpha value is -0.120. The molecule has 100 valence electrons. The number of piperidine rings is 1. The molecule has 2 aliphatic rings. The second-order valence-electron chi connectivity index (χ2n) is 5.86. The van der Waals surface area contributed by atoms with E-state index in [2.05, 4.69) is 23.9 Å². The smallest absolute Gasteiger partial charge is 0.0468 e. The Morgan fingerprint density at radius 2 is 1.76 bits per heavy atom. The molecule has 3 heteroatoms. The third kappa shape index (κ3) is 4.23. The van der Waals surface area contributed by atoms with Crippen molar-refractivity contribution in [1.82, 2.24) is 9.80 Å². The van der Waals surface area contributed by atoms with Crippen LogP contribution in [0.5, 0.6) is 0 Å². The predicted octanol–water partition coefficient (Wildman–Crippen LogP) is 1.83. The zero-order valence-electron chi connectivity index (χ0n) is 11.5. The van der Waals surface area contributed by atoms with Gasteiger partial charge in [-0.05, 0) is 71.8 Å². The van der Waals surface area contributed by atoms with E-state index in [0.29, 0.717) is 0 Å². The lowest BCUT2D eigenvalue weighted by atomic mass is 9.95. The Labute approximate surface area is 106 Å². The first-order valence-electron chi connectivity index (χ1n) is 7.22. The second-order valence-corrected chi connectivity index (χ2v) is 5.86. The van der Waals surface area contributed by atoms with Crippen molar-refractivity contribution in [2.45, 2.75) is 38.1 Å². The summed E-state index contributed by atoms with van der Waals surface area (Å²) in [6, 6.07) is 0.825. The average molecular weight is 240 g/mol. The van der Waals surface area contributed by atoms with Crippen molar-refractivity contribution >= 4 is 0 Å². The van der Waals surface area contributed by atoms with E-state index < -0.39 is 0 Å². The summed E-state index contributed by atoms with van der Waals surface area (Å²) >= 11 is 0. The van der Waals surface area contributed by atoms with E-state index in [1.54, 1.807) is 0 Å². The Bertz CT molecular complexity index is 208. The quantitative estimate of drug-likeness (QED) is 0.745. The van der Waals surface area contributed by atoms with Crippen LogP contribution in [0.3, 0.4) is 0 Å². The standard InChI is InChI=1S/C14H28N2O/c1-15-8-4-14(5-9-15)16(2)10-3-13-6-11-17-12-7-13/h13-14H,3-12H2,1-2H3. The SMILES string of the molecule is CN1CCC(N(C)CCC2CCOCC2)CC1. The number of hydrogen-bond donors (Lipinski definition) is 0. The summed E-state index contributed by atoms with van der Waals surface area (Å²) in [5, 5.41) is 0. The summed E-state index contributed by atoms with van der Waals surface area (Å²) in [5.74, 6) is 0.914. The van der Waals surface area contributed by atoms with Gasteiger partial charge in [-0.3, -0.25) is 0 Å². The maximum Gasteiger partial charge on any atom is 0.0468 e. The Kier molecular flexibility index (Phi) is 5.26. The van der Waals surface area contributed by atoms with Crippen molar-refractivity contribution in [1.29, 1.82) is 0 Å². The number of hydrogen-bond acceptors (Lipinski definition) is 3. The third-order valence-electron chi connectivity index (χ3n) is 4.54. The van der Waals surface area contributed by atoms with Crippen molar-refractivity contribution in [3.05, 3.63) is 0 Å². The predicted molar refractivity (Wildman–Crippen MR) is 71.3 cm³/mol. The van der Waals surface area contributed by atoms with Gasteiger partial charge in [0, 0.05) is 19.3 Å². The fourth-order valence-electron chi connectivity index (χ4n) is 3.04. The second kappa shape index (κ2) is 6.72. The molecular weight excluding hydrogens is 212 g/mol. The molecule has 0 atom stereocenters. The van der Waals surface area contributed by atoms with Crippen LogP contribution >= 0.6 is 0 Å². The van der Waals surface area contributed by atoms with Crippen LogP contribution in [0.4, 0.5) is 0 Å². The first-order valence-corrected chi connectivity index (χ1v) is 7.22. The zero-order chi connectivity index (χ0) is 12.1. The molecule has 0 saturated carbocycles. The van der Waals surface area contributed by atoms with E-state index >= 15 is 0 Å². The highest BCUT2D eigenvalue weighted by atomic mass is 16.5. The molecule has 0 unspecified atom stereocenters. The van der Waals surface area contributed by atoms with E-state index in [1.165, 1.54) is 51.7 Å². The lowest BCUT2D eigenvalue weighted by Crippen LogP contribution is -2.42. The summed E-state index contributed by atoms with van der Waals surface area (Å²) in [6.45, 7) is 5.79. The highest BCUT2D eigenvalue weighted by molar-refractivity contribution is 4.77. The van der Waals surface area contributed by atoms with E-state index in [0.717, 1.165) is 25.2 Å². The van der Waals surface area contributed by atoms with Gasteiger partial charge in [-0.25, -0.2) is 0 Å². The summed E-state index contributed by atoms with van der Waals surface area (Å²) in [6.07, 6.45) is 6.62. The van der Waals surface area contributed by atoms with E-state index in [4.69, 9.17) is 4.74 Å². The van der Waals surface area contributed by atoms with Crippen LogP contribution in [0.15, 0.2) is 0 Å². The first-order chi connectivity index (χ1) is 8.25. The van der Waals surface area contributed by atoms with Gasteiger partial charge in [-0.2, -0.15) is 0 Å². The van der Waals surface area contributed by atoms with Crippen LogP contribution in [0.1, 0.15) is 32.1 Å². The molecule has 0 aliphatic carbocycles. The summed E-state index contributed by atoms with van der Waals surface area (Å²) in [4.78, 5) is 5.05. The molecule has 0 amide bonds. The molecule has 0 radical (unpaired) electrons. The van der Waals surface area contributed by atoms with Gasteiger partial charge in [0.15, 0.2) is 0 Å². The van der Waals surface area contributed by atoms with Gasteiger partial charge in [0.05, 0.1) is 0 Å². The Morgan fingerprint density at radius 3 is 2.41 bits per heavy atom. The lowest BCUT2D eigenvalue weighted by molar-refractivity contribution is 0.0571. The molecule has 3 nitrogen and oxygen atoms in total. The Morgan fingerprint density at radius 1 is 1.12 bits per heavy atom. The van der Waals surface area contributed by atoms with Crippen LogP contribution in [-0.2, 0) is 4.74 Å². The third-order valence-corrected chi connectivity index (χ3v) is 4.54. The maximum absolute atomic E-state index is 5.42. The first kappa shape index (κ1) is 13.3. The molecule has 0 N–H and O–H groups in total. The molecule has 17 heavy (non-hydrogen) atoms. The van der Waals surface area contributed by atoms with Crippen LogP contribution < -0.4 is 0 Å². The van der Waals surface area contributed by atoms with Crippen molar-refractivity contribution in [3.8, 4) is 0 Å². The van der Waals surface area contributed by atoms with Crippen molar-refractivity contribution in [2.75, 3.05) is 46.9 Å². The minimum atomic E-state index is 0.825. The topological polar surface area (TPSA) is 15.7 Å². The van der Waals surface area contributed by atoms with Gasteiger partial charge in [-0.15, -0.1) is 0 Å². The molecule has 0 spiro atoms. The molecule has 2 heterocycles. The number of ether oxygens (including phenoxy) is 1. The molecular formula is C14H28N2O. The van der Waals surface area contributed by atoms with Crippen LogP contribution in [0, 0.1) is 5.92 Å². The minimum absolute atomic E-state index is 0.825. The van der Waals surface area contributed by atoms with Crippen LogP contribution in [-0.4, -0.2) is 62.8 Å². The minimum Gasteiger partial charge on any atom is -0.381 e. The van der Waals surface area contributed by atoms with E-state index in [1.807, 2.05) is 0 Å². The molecule has 0 bridgehead atoms. The zero-order valence-corrected chi connectivity index (χ0v) is 11.5. The average Bonchev–Trinajstić information content (AvgIpc) is 2.38. The van der Waals surface area contributed by atoms with Crippen LogP contribution in [0.25, 0.3) is 0 Å². The van der Waals surface area contributed by atoms with Gasteiger partial charge in [0.25, 0.3) is 0 Å². The molecule has 0 aromatic carbocycles. The molecule has 0 aromatic rings. The van der Waals surface area contributed by atoms with Gasteiger partial charge in [-0.1, -0.05) is 0 Å². The van der Waals surface area contributed by atoms with Gasteiger partial charge < -0.3 is 14.5 Å². The monoisotopic (exact) mass is 240 g/mol. The molecule has 2 rings (SSSR count). The maximum atomic E-state index is 5.42. The number of nitrogens with zero attached hydrogens (tertiary/aromatic N) is 2. The summed E-state index contributed by atoms with van der Waals surface area (Å²) < 4.78 is 5.42. The van der Waals surface area contributed by atoms with Crippen molar-refractivity contribution in [2.24, 2.45) is 5.92 Å². The Balaban J connectivity index is 1.64. The van der Waals surface area contributed by atoms with Gasteiger partial charge >= 0.3 is 0 Å². The van der Waals surface area contributed by atoms with E-state index in [-0.39, 0.29) is 0 Å². The highest BCUT2D eigenvalue weighted by Crippen LogP contribution is 2.20. The van der Waals surface area contributed by atoms with Gasteiger partial charge in [0.2, 0.25) is 0 Å². The molecule has 2 saturated heterocycles.